The molecule has 9 rings (SSSR count). The Balaban J connectivity index is 1.15. The van der Waals surface area contributed by atoms with E-state index < -0.39 is 62.9 Å². The molecule has 2 aliphatic heterocycles. The Morgan fingerprint density at radius 3 is 2.24 bits per heavy atom. The number of benzene rings is 4. The van der Waals surface area contributed by atoms with Crippen LogP contribution in [0.5, 0.6) is 17.2 Å². The van der Waals surface area contributed by atoms with Gasteiger partial charge >= 0.3 is 0 Å². The van der Waals surface area contributed by atoms with Crippen LogP contribution in [-0.2, 0) is 19.2 Å². The lowest BCUT2D eigenvalue weighted by Crippen LogP contribution is -2.60. The van der Waals surface area contributed by atoms with Crippen LogP contribution in [-0.4, -0.2) is 57.7 Å². The summed E-state index contributed by atoms with van der Waals surface area (Å²) in [5.74, 6) is -7.04. The summed E-state index contributed by atoms with van der Waals surface area (Å²) in [5, 5.41) is 11.6. The maximum absolute atomic E-state index is 14.7. The molecule has 11 nitrogen and oxygen atoms in total. The van der Waals surface area contributed by atoms with Gasteiger partial charge in [-0.3, -0.25) is 24.1 Å². The molecule has 4 aromatic carbocycles. The number of amides is 4. The molecule has 3 heterocycles. The van der Waals surface area contributed by atoms with Crippen LogP contribution >= 0.6 is 23.2 Å². The van der Waals surface area contributed by atoms with E-state index in [1.807, 2.05) is 24.3 Å². The van der Waals surface area contributed by atoms with Gasteiger partial charge in [0.1, 0.15) is 28.6 Å². The summed E-state index contributed by atoms with van der Waals surface area (Å²) in [6.07, 6.45) is 1.55. The summed E-state index contributed by atoms with van der Waals surface area (Å²) in [7, 11) is 2.76. The number of aromatic hydroxyl groups is 1. The standard InChI is InChI=1S/C41H30Cl2FN3O8/c1-53-24-17-29(48)33(31(18-24)54-2)34-25-15-16-26-32(27(25)19-40(42)38(51)47(39(52)41(34,40)43)23-13-9-21(44)10-14-23)37(50)46(36(26)49)22-11-7-20(8-12-22)35-45-28-5-3-4-6-30(28)55-35/h3-15,17-18,26-27,32,34,48H,16,19H2,1-2H3/t26-,27+,32-,34+,40+,41-/m0/s1. The van der Waals surface area contributed by atoms with Gasteiger partial charge in [0.05, 0.1) is 37.4 Å². The van der Waals surface area contributed by atoms with E-state index in [0.29, 0.717) is 33.8 Å². The number of phenols is 1. The summed E-state index contributed by atoms with van der Waals surface area (Å²) in [6.45, 7) is 0. The third kappa shape index (κ3) is 4.83. The molecular formula is C41H30Cl2FN3O8. The zero-order valence-electron chi connectivity index (χ0n) is 29.2. The van der Waals surface area contributed by atoms with Crippen LogP contribution < -0.4 is 19.3 Å². The molecular weight excluding hydrogens is 752 g/mol. The minimum Gasteiger partial charge on any atom is -0.507 e. The van der Waals surface area contributed by atoms with Gasteiger partial charge in [0.15, 0.2) is 15.3 Å². The quantitative estimate of drug-likeness (QED) is 0.108. The Bertz CT molecular complexity index is 2470. The highest BCUT2D eigenvalue weighted by Crippen LogP contribution is 2.67. The van der Waals surface area contributed by atoms with Crippen molar-refractivity contribution in [2.45, 2.75) is 28.5 Å². The number of methoxy groups -OCH3 is 2. The minimum atomic E-state index is -2.28. The number of fused-ring (bicyclic) bond motifs is 5. The van der Waals surface area contributed by atoms with Crippen LogP contribution in [0.2, 0.25) is 0 Å². The molecule has 55 heavy (non-hydrogen) atoms. The van der Waals surface area contributed by atoms with Gasteiger partial charge in [-0.2, -0.15) is 0 Å². The monoisotopic (exact) mass is 781 g/mol. The van der Waals surface area contributed by atoms with Crippen molar-refractivity contribution in [3.8, 4) is 28.7 Å². The van der Waals surface area contributed by atoms with Gasteiger partial charge in [-0.05, 0) is 79.4 Å². The van der Waals surface area contributed by atoms with Gasteiger partial charge in [0, 0.05) is 29.2 Å². The molecule has 1 saturated carbocycles. The number of carbonyl (C=O) groups excluding carboxylic acids is 4. The molecule has 2 aliphatic carbocycles. The molecule has 3 fully saturated rings. The number of nitrogens with zero attached hydrogens (tertiary/aromatic N) is 3. The molecule has 1 N–H and O–H groups in total. The van der Waals surface area contributed by atoms with E-state index >= 15 is 0 Å². The van der Waals surface area contributed by atoms with Crippen molar-refractivity contribution in [2.75, 3.05) is 24.0 Å². The van der Waals surface area contributed by atoms with Gasteiger partial charge in [0.2, 0.25) is 17.7 Å². The first-order valence-electron chi connectivity index (χ1n) is 17.4. The number of phenolic OH excluding ortho intramolecular Hbond substituents is 1. The van der Waals surface area contributed by atoms with E-state index in [1.165, 1.54) is 38.5 Å². The largest absolute Gasteiger partial charge is 0.507 e. The Labute approximate surface area is 322 Å². The summed E-state index contributed by atoms with van der Waals surface area (Å²) >= 11 is 14.9. The van der Waals surface area contributed by atoms with Gasteiger partial charge < -0.3 is 19.0 Å². The van der Waals surface area contributed by atoms with Crippen molar-refractivity contribution < 1.29 is 42.6 Å². The SMILES string of the molecule is COc1cc(O)c([C@H]2C3=CC[C@@H]4C(=O)N(c5ccc(-c6nc7ccccc7o6)cc5)C(=O)[C@@H]4[C@@H]3C[C@@]3(Cl)C(=O)N(c4ccc(F)cc4)C(=O)[C@@]23Cl)c(OC)c1. The van der Waals surface area contributed by atoms with Crippen LogP contribution in [0.1, 0.15) is 24.3 Å². The molecule has 0 radical (unpaired) electrons. The Morgan fingerprint density at radius 2 is 1.55 bits per heavy atom. The number of para-hydroxylation sites is 2. The third-order valence-corrected chi connectivity index (χ3v) is 12.8. The molecule has 4 aliphatic rings. The first-order valence-corrected chi connectivity index (χ1v) is 18.2. The number of rotatable bonds is 6. The average Bonchev–Trinajstić information content (AvgIpc) is 3.78. The van der Waals surface area contributed by atoms with Crippen LogP contribution in [0, 0.1) is 23.6 Å². The first-order chi connectivity index (χ1) is 26.4. The maximum atomic E-state index is 14.7. The maximum Gasteiger partial charge on any atom is 0.258 e. The third-order valence-electron chi connectivity index (χ3n) is 11.4. The number of ether oxygens (including phenoxy) is 2. The molecule has 0 unspecified atom stereocenters. The van der Waals surface area contributed by atoms with Gasteiger partial charge in [0.25, 0.3) is 11.8 Å². The number of allylic oxidation sites excluding steroid dienone is 2. The van der Waals surface area contributed by atoms with E-state index in [-0.39, 0.29) is 41.3 Å². The molecule has 14 heteroatoms. The second-order valence-corrected chi connectivity index (χ2v) is 15.3. The van der Waals surface area contributed by atoms with Crippen molar-refractivity contribution in [1.82, 2.24) is 4.98 Å². The fourth-order valence-electron chi connectivity index (χ4n) is 8.88. The minimum absolute atomic E-state index is 0.0323. The smallest absolute Gasteiger partial charge is 0.258 e. The Kier molecular flexibility index (Phi) is 7.90. The van der Waals surface area contributed by atoms with Crippen molar-refractivity contribution >= 4 is 69.3 Å². The van der Waals surface area contributed by atoms with Crippen molar-refractivity contribution in [2.24, 2.45) is 17.8 Å². The number of carbonyl (C=O) groups is 4. The van der Waals surface area contributed by atoms with Gasteiger partial charge in [-0.25, -0.2) is 14.3 Å². The Morgan fingerprint density at radius 1 is 0.855 bits per heavy atom. The number of aromatic nitrogens is 1. The molecule has 0 bridgehead atoms. The van der Waals surface area contributed by atoms with E-state index in [4.69, 9.17) is 37.1 Å². The lowest BCUT2D eigenvalue weighted by molar-refractivity contribution is -0.125. The van der Waals surface area contributed by atoms with Crippen molar-refractivity contribution in [3.63, 3.8) is 0 Å². The van der Waals surface area contributed by atoms with E-state index in [1.54, 1.807) is 30.3 Å². The van der Waals surface area contributed by atoms with Crippen molar-refractivity contribution in [1.29, 1.82) is 0 Å². The molecule has 1 aromatic heterocycles. The van der Waals surface area contributed by atoms with Gasteiger partial charge in [-0.15, -0.1) is 23.2 Å². The zero-order valence-corrected chi connectivity index (χ0v) is 30.7. The topological polar surface area (TPSA) is 139 Å². The molecule has 5 aromatic rings. The molecule has 6 atom stereocenters. The number of anilines is 2. The number of hydrogen-bond donors (Lipinski definition) is 1. The second kappa shape index (κ2) is 12.4. The fraction of sp³-hybridized carbons (Fsp3) is 0.244. The van der Waals surface area contributed by atoms with E-state index in [9.17, 15) is 28.7 Å². The highest BCUT2D eigenvalue weighted by Gasteiger charge is 2.77. The van der Waals surface area contributed by atoms with Crippen LogP contribution in [0.4, 0.5) is 15.8 Å². The zero-order chi connectivity index (χ0) is 38.6. The molecule has 278 valence electrons. The lowest BCUT2D eigenvalue weighted by Gasteiger charge is -2.50. The van der Waals surface area contributed by atoms with Crippen LogP contribution in [0.3, 0.4) is 0 Å². The van der Waals surface area contributed by atoms with E-state index in [2.05, 4.69) is 4.98 Å². The Hall–Kier alpha value is -5.72. The molecule has 2 saturated heterocycles. The van der Waals surface area contributed by atoms with Gasteiger partial charge in [-0.1, -0.05) is 23.8 Å². The summed E-state index contributed by atoms with van der Waals surface area (Å²) in [4.78, 5) is 60.1. The predicted molar refractivity (Wildman–Crippen MR) is 200 cm³/mol. The number of halogens is 3. The number of imide groups is 2. The summed E-state index contributed by atoms with van der Waals surface area (Å²) < 4.78 is 31.0. The summed E-state index contributed by atoms with van der Waals surface area (Å²) in [5.41, 5.74) is 2.80. The highest BCUT2D eigenvalue weighted by molar-refractivity contribution is 6.58. The normalized spacial score (nSPS) is 27.3. The lowest BCUT2D eigenvalue weighted by atomic mass is 9.56. The fourth-order valence-corrected chi connectivity index (χ4v) is 9.80. The average molecular weight is 783 g/mol. The highest BCUT2D eigenvalue weighted by atomic mass is 35.5. The number of alkyl halides is 2. The predicted octanol–water partition coefficient (Wildman–Crippen LogP) is 7.12. The molecule has 4 amide bonds. The molecule has 0 spiro atoms. The number of oxazole rings is 1. The van der Waals surface area contributed by atoms with Crippen LogP contribution in [0.25, 0.3) is 22.6 Å². The van der Waals surface area contributed by atoms with E-state index in [0.717, 1.165) is 21.9 Å². The summed E-state index contributed by atoms with van der Waals surface area (Å²) in [6, 6.07) is 21.6. The second-order valence-electron chi connectivity index (χ2n) is 14.1. The van der Waals surface area contributed by atoms with Crippen molar-refractivity contribution in [3.05, 3.63) is 108 Å². The number of hydrogen-bond acceptors (Lipinski definition) is 9. The first kappa shape index (κ1) is 35.0. The van der Waals surface area contributed by atoms with Crippen LogP contribution in [0.15, 0.2) is 101 Å².